The minimum absolute atomic E-state index is 0.112. The zero-order valence-corrected chi connectivity index (χ0v) is 18.2. The normalized spacial score (nSPS) is 10.6. The van der Waals surface area contributed by atoms with E-state index in [2.05, 4.69) is 10.4 Å². The first-order chi connectivity index (χ1) is 15.9. The highest BCUT2D eigenvalue weighted by atomic mass is 19.1. The molecule has 0 spiro atoms. The maximum Gasteiger partial charge on any atom is 0.271 e. The van der Waals surface area contributed by atoms with E-state index < -0.39 is 0 Å². The summed E-state index contributed by atoms with van der Waals surface area (Å²) in [4.78, 5) is 25.0. The van der Waals surface area contributed by atoms with E-state index in [0.29, 0.717) is 16.8 Å². The number of amides is 1. The molecule has 0 aliphatic carbocycles. The number of ether oxygens (including phenoxy) is 1. The standard InChI is InChI=1S/C26H22FN3O3/c1-17-6-11-23(18(2)14-17)28-26(32)20-7-9-22(10-8-20)30-25(31)13-12-24(29-30)33-16-19-4-3-5-21(27)15-19/h3-15H,16H2,1-2H3,(H,28,32). The molecule has 0 unspecified atom stereocenters. The smallest absolute Gasteiger partial charge is 0.271 e. The summed E-state index contributed by atoms with van der Waals surface area (Å²) >= 11 is 0. The maximum atomic E-state index is 13.3. The lowest BCUT2D eigenvalue weighted by Crippen LogP contribution is -2.21. The predicted octanol–water partition coefficient (Wildman–Crippen LogP) is 4.82. The Kier molecular flexibility index (Phi) is 6.31. The van der Waals surface area contributed by atoms with Crippen molar-refractivity contribution in [3.8, 4) is 11.6 Å². The average Bonchev–Trinajstić information content (AvgIpc) is 2.80. The molecule has 0 atom stereocenters. The molecule has 0 aliphatic rings. The molecular weight excluding hydrogens is 421 g/mol. The fraction of sp³-hybridized carbons (Fsp3) is 0.115. The van der Waals surface area contributed by atoms with Gasteiger partial charge in [0.05, 0.1) is 5.69 Å². The van der Waals surface area contributed by atoms with Gasteiger partial charge in [-0.3, -0.25) is 9.59 Å². The number of aromatic nitrogens is 2. The number of carbonyl (C=O) groups is 1. The number of carbonyl (C=O) groups excluding carboxylic acids is 1. The third kappa shape index (κ3) is 5.33. The van der Waals surface area contributed by atoms with Gasteiger partial charge in [0.2, 0.25) is 5.88 Å². The topological polar surface area (TPSA) is 73.2 Å². The summed E-state index contributed by atoms with van der Waals surface area (Å²) in [5, 5.41) is 7.13. The Labute approximate surface area is 190 Å². The molecule has 7 heteroatoms. The van der Waals surface area contributed by atoms with Crippen molar-refractivity contribution in [3.05, 3.63) is 117 Å². The molecule has 0 saturated carbocycles. The van der Waals surface area contributed by atoms with Crippen molar-refractivity contribution < 1.29 is 13.9 Å². The van der Waals surface area contributed by atoms with Crippen LogP contribution in [-0.4, -0.2) is 15.7 Å². The largest absolute Gasteiger partial charge is 0.472 e. The van der Waals surface area contributed by atoms with E-state index in [4.69, 9.17) is 4.74 Å². The van der Waals surface area contributed by atoms with Gasteiger partial charge in [-0.15, -0.1) is 5.10 Å². The van der Waals surface area contributed by atoms with Crippen LogP contribution < -0.4 is 15.6 Å². The Morgan fingerprint density at radius 1 is 1.00 bits per heavy atom. The van der Waals surface area contributed by atoms with Gasteiger partial charge >= 0.3 is 0 Å². The molecule has 0 saturated heterocycles. The Morgan fingerprint density at radius 2 is 1.79 bits per heavy atom. The van der Waals surface area contributed by atoms with Crippen LogP contribution in [0.4, 0.5) is 10.1 Å². The fourth-order valence-corrected chi connectivity index (χ4v) is 3.34. The molecule has 0 fully saturated rings. The van der Waals surface area contributed by atoms with Crippen LogP contribution in [0.1, 0.15) is 27.0 Å². The average molecular weight is 443 g/mol. The van der Waals surface area contributed by atoms with Crippen molar-refractivity contribution >= 4 is 11.6 Å². The molecule has 1 aromatic heterocycles. The van der Waals surface area contributed by atoms with Crippen LogP contribution in [0, 0.1) is 19.7 Å². The van der Waals surface area contributed by atoms with E-state index in [-0.39, 0.29) is 29.8 Å². The summed E-state index contributed by atoms with van der Waals surface area (Å²) in [6.07, 6.45) is 0. The van der Waals surface area contributed by atoms with Gasteiger partial charge in [0, 0.05) is 23.4 Å². The zero-order chi connectivity index (χ0) is 23.4. The van der Waals surface area contributed by atoms with Crippen LogP contribution in [0.3, 0.4) is 0 Å². The predicted molar refractivity (Wildman–Crippen MR) is 124 cm³/mol. The first-order valence-electron chi connectivity index (χ1n) is 10.4. The molecular formula is C26H22FN3O3. The third-order valence-electron chi connectivity index (χ3n) is 5.06. The minimum atomic E-state index is -0.351. The number of anilines is 1. The molecule has 33 heavy (non-hydrogen) atoms. The van der Waals surface area contributed by atoms with E-state index in [1.807, 2.05) is 32.0 Å². The number of rotatable bonds is 6. The highest BCUT2D eigenvalue weighted by molar-refractivity contribution is 6.04. The molecule has 1 heterocycles. The highest BCUT2D eigenvalue weighted by Crippen LogP contribution is 2.18. The summed E-state index contributed by atoms with van der Waals surface area (Å²) in [5.41, 5.74) is 4.08. The van der Waals surface area contributed by atoms with Gasteiger partial charge in [-0.1, -0.05) is 29.8 Å². The Balaban J connectivity index is 1.49. The number of halogens is 1. The summed E-state index contributed by atoms with van der Waals surface area (Å²) in [5.74, 6) is -0.382. The molecule has 166 valence electrons. The van der Waals surface area contributed by atoms with Crippen molar-refractivity contribution in [2.75, 3.05) is 5.32 Å². The van der Waals surface area contributed by atoms with Gasteiger partial charge in [-0.25, -0.2) is 4.39 Å². The third-order valence-corrected chi connectivity index (χ3v) is 5.06. The molecule has 4 aromatic rings. The summed E-state index contributed by atoms with van der Waals surface area (Å²) in [6, 6.07) is 21.2. The number of aryl methyl sites for hydroxylation is 2. The van der Waals surface area contributed by atoms with Crippen molar-refractivity contribution in [2.45, 2.75) is 20.5 Å². The van der Waals surface area contributed by atoms with Gasteiger partial charge in [0.25, 0.3) is 11.5 Å². The Hall–Kier alpha value is -4.26. The maximum absolute atomic E-state index is 13.3. The van der Waals surface area contributed by atoms with Crippen molar-refractivity contribution in [2.24, 2.45) is 0 Å². The summed E-state index contributed by atoms with van der Waals surface area (Å²) < 4.78 is 20.1. The molecule has 6 nitrogen and oxygen atoms in total. The Morgan fingerprint density at radius 3 is 2.52 bits per heavy atom. The molecule has 0 radical (unpaired) electrons. The minimum Gasteiger partial charge on any atom is -0.472 e. The first kappa shape index (κ1) is 22.0. The van der Waals surface area contributed by atoms with Gasteiger partial charge in [0.1, 0.15) is 12.4 Å². The van der Waals surface area contributed by atoms with Gasteiger partial charge in [0.15, 0.2) is 0 Å². The second-order valence-electron chi connectivity index (χ2n) is 7.66. The number of benzene rings is 3. The van der Waals surface area contributed by atoms with Gasteiger partial charge < -0.3 is 10.1 Å². The van der Waals surface area contributed by atoms with Crippen LogP contribution in [0.2, 0.25) is 0 Å². The van der Waals surface area contributed by atoms with E-state index in [1.54, 1.807) is 36.4 Å². The highest BCUT2D eigenvalue weighted by Gasteiger charge is 2.10. The lowest BCUT2D eigenvalue weighted by molar-refractivity contribution is 0.102. The monoisotopic (exact) mass is 443 g/mol. The lowest BCUT2D eigenvalue weighted by atomic mass is 10.1. The van der Waals surface area contributed by atoms with Crippen LogP contribution in [0.5, 0.6) is 5.88 Å². The van der Waals surface area contributed by atoms with Gasteiger partial charge in [-0.2, -0.15) is 4.68 Å². The van der Waals surface area contributed by atoms with Gasteiger partial charge in [-0.05, 0) is 67.4 Å². The molecule has 3 aromatic carbocycles. The lowest BCUT2D eigenvalue weighted by Gasteiger charge is -2.11. The number of hydrogen-bond donors (Lipinski definition) is 1. The zero-order valence-electron chi connectivity index (χ0n) is 18.2. The van der Waals surface area contributed by atoms with Crippen LogP contribution in [0.15, 0.2) is 83.7 Å². The molecule has 0 aliphatic heterocycles. The SMILES string of the molecule is Cc1ccc(NC(=O)c2ccc(-n3nc(OCc4cccc(F)c4)ccc3=O)cc2)c(C)c1. The number of hydrogen-bond acceptors (Lipinski definition) is 4. The van der Waals surface area contributed by atoms with E-state index in [0.717, 1.165) is 16.8 Å². The molecule has 1 amide bonds. The number of nitrogens with one attached hydrogen (secondary N) is 1. The van der Waals surface area contributed by atoms with Crippen molar-refractivity contribution in [3.63, 3.8) is 0 Å². The summed E-state index contributed by atoms with van der Waals surface area (Å²) in [7, 11) is 0. The molecule has 1 N–H and O–H groups in total. The Bertz CT molecular complexity index is 1360. The first-order valence-corrected chi connectivity index (χ1v) is 10.4. The fourth-order valence-electron chi connectivity index (χ4n) is 3.34. The van der Waals surface area contributed by atoms with E-state index in [9.17, 15) is 14.0 Å². The van der Waals surface area contributed by atoms with E-state index >= 15 is 0 Å². The van der Waals surface area contributed by atoms with Crippen molar-refractivity contribution in [1.29, 1.82) is 0 Å². The summed E-state index contributed by atoms with van der Waals surface area (Å²) in [6.45, 7) is 4.04. The van der Waals surface area contributed by atoms with Crippen LogP contribution >= 0.6 is 0 Å². The van der Waals surface area contributed by atoms with Crippen LogP contribution in [-0.2, 0) is 6.61 Å². The second-order valence-corrected chi connectivity index (χ2v) is 7.66. The number of nitrogens with zero attached hydrogens (tertiary/aromatic N) is 2. The second kappa shape index (κ2) is 9.48. The molecule has 4 rings (SSSR count). The van der Waals surface area contributed by atoms with Crippen LogP contribution in [0.25, 0.3) is 5.69 Å². The quantitative estimate of drug-likeness (QED) is 0.464. The van der Waals surface area contributed by atoms with Crippen molar-refractivity contribution in [1.82, 2.24) is 9.78 Å². The van der Waals surface area contributed by atoms with E-state index in [1.165, 1.54) is 28.9 Å². The molecule has 0 bridgehead atoms.